The van der Waals surface area contributed by atoms with Crippen molar-refractivity contribution in [2.75, 3.05) is 11.5 Å². The number of hydrogen-bond acceptors (Lipinski definition) is 3. The Bertz CT molecular complexity index is 317. The Morgan fingerprint density at radius 3 is 2.54 bits per heavy atom. The van der Waals surface area contributed by atoms with Gasteiger partial charge in [-0.3, -0.25) is 0 Å². The van der Waals surface area contributed by atoms with Crippen molar-refractivity contribution in [2.45, 2.75) is 11.8 Å². The highest BCUT2D eigenvalue weighted by atomic mass is 79.9. The molecule has 4 N–H and O–H groups in total. The molecule has 0 atom stereocenters. The molecule has 0 saturated carbocycles. The smallest absolute Gasteiger partial charge is 0.280 e. The van der Waals surface area contributed by atoms with Gasteiger partial charge in [-0.15, -0.1) is 0 Å². The van der Waals surface area contributed by atoms with E-state index in [0.717, 1.165) is 0 Å². The van der Waals surface area contributed by atoms with Crippen LogP contribution in [-0.2, 0) is 5.33 Å². The van der Waals surface area contributed by atoms with E-state index in [-0.39, 0.29) is 17.2 Å². The normalized spacial score (nSPS) is 10.8. The quantitative estimate of drug-likeness (QED) is 0.792. The zero-order valence-corrected chi connectivity index (χ0v) is 8.18. The summed E-state index contributed by atoms with van der Waals surface area (Å²) in [5.41, 5.74) is 11.3. The summed E-state index contributed by atoms with van der Waals surface area (Å²) in [6.07, 6.45) is -2.62. The van der Waals surface area contributed by atoms with Crippen LogP contribution in [0.1, 0.15) is 17.7 Å². The summed E-state index contributed by atoms with van der Waals surface area (Å²) in [5.74, 6) is -0.0488. The Labute approximate surface area is 82.3 Å². The van der Waals surface area contributed by atoms with E-state index in [4.69, 9.17) is 11.5 Å². The molecule has 0 amide bonds. The van der Waals surface area contributed by atoms with Crippen LogP contribution in [-0.4, -0.2) is 4.98 Å². The van der Waals surface area contributed by atoms with Gasteiger partial charge >= 0.3 is 0 Å². The molecule has 3 nitrogen and oxygen atoms in total. The topological polar surface area (TPSA) is 64.9 Å². The molecule has 1 heterocycles. The van der Waals surface area contributed by atoms with E-state index in [2.05, 4.69) is 20.9 Å². The average molecular weight is 252 g/mol. The molecule has 0 aliphatic heterocycles. The third kappa shape index (κ3) is 2.06. The van der Waals surface area contributed by atoms with Crippen LogP contribution in [0, 0.1) is 0 Å². The SMILES string of the molecule is Nc1nc(C(F)F)cc(CBr)c1N. The van der Waals surface area contributed by atoms with Gasteiger partial charge in [-0.05, 0) is 11.6 Å². The molecule has 0 radical (unpaired) electrons. The monoisotopic (exact) mass is 251 g/mol. The maximum atomic E-state index is 12.2. The van der Waals surface area contributed by atoms with Crippen LogP contribution in [0.5, 0.6) is 0 Å². The fraction of sp³-hybridized carbons (Fsp3) is 0.286. The summed E-state index contributed by atoms with van der Waals surface area (Å²) < 4.78 is 24.4. The molecule has 0 aromatic carbocycles. The van der Waals surface area contributed by atoms with E-state index in [1.807, 2.05) is 0 Å². The minimum atomic E-state index is -2.62. The predicted octanol–water partition coefficient (Wildman–Crippen LogP) is 2.08. The van der Waals surface area contributed by atoms with Crippen LogP contribution >= 0.6 is 15.9 Å². The van der Waals surface area contributed by atoms with Crippen LogP contribution in [0.4, 0.5) is 20.3 Å². The molecule has 72 valence electrons. The van der Waals surface area contributed by atoms with Gasteiger partial charge < -0.3 is 11.5 Å². The van der Waals surface area contributed by atoms with Gasteiger partial charge in [-0.1, -0.05) is 15.9 Å². The lowest BCUT2D eigenvalue weighted by Gasteiger charge is -2.07. The molecule has 0 aliphatic rings. The van der Waals surface area contributed by atoms with Crippen molar-refractivity contribution in [3.05, 3.63) is 17.3 Å². The van der Waals surface area contributed by atoms with Gasteiger partial charge in [0.05, 0.1) is 5.69 Å². The summed E-state index contributed by atoms with van der Waals surface area (Å²) in [6.45, 7) is 0. The van der Waals surface area contributed by atoms with Gasteiger partial charge in [-0.2, -0.15) is 0 Å². The molecular formula is C7H8BrF2N3. The number of hydrogen-bond donors (Lipinski definition) is 2. The highest BCUT2D eigenvalue weighted by Crippen LogP contribution is 2.26. The zero-order chi connectivity index (χ0) is 10.0. The molecule has 0 saturated heterocycles. The minimum Gasteiger partial charge on any atom is -0.395 e. The zero-order valence-electron chi connectivity index (χ0n) is 6.60. The summed E-state index contributed by atoms with van der Waals surface area (Å²) in [4.78, 5) is 3.46. The van der Waals surface area contributed by atoms with E-state index >= 15 is 0 Å². The van der Waals surface area contributed by atoms with E-state index in [1.165, 1.54) is 6.07 Å². The molecule has 1 rings (SSSR count). The highest BCUT2D eigenvalue weighted by molar-refractivity contribution is 9.08. The van der Waals surface area contributed by atoms with E-state index < -0.39 is 6.43 Å². The van der Waals surface area contributed by atoms with E-state index in [1.54, 1.807) is 0 Å². The van der Waals surface area contributed by atoms with Crippen molar-refractivity contribution >= 4 is 27.4 Å². The number of anilines is 2. The second-order valence-corrected chi connectivity index (χ2v) is 3.00. The third-order valence-corrected chi connectivity index (χ3v) is 2.17. The summed E-state index contributed by atoms with van der Waals surface area (Å²) in [5, 5.41) is 0.380. The van der Waals surface area contributed by atoms with Gasteiger partial charge in [-0.25, -0.2) is 13.8 Å². The maximum absolute atomic E-state index is 12.2. The lowest BCUT2D eigenvalue weighted by Crippen LogP contribution is -2.04. The summed E-state index contributed by atoms with van der Waals surface area (Å²) >= 11 is 3.12. The first-order chi connectivity index (χ1) is 6.06. The number of rotatable bonds is 2. The van der Waals surface area contributed by atoms with Gasteiger partial charge in [0.15, 0.2) is 0 Å². The number of aromatic nitrogens is 1. The van der Waals surface area contributed by atoms with Crippen molar-refractivity contribution < 1.29 is 8.78 Å². The fourth-order valence-corrected chi connectivity index (χ4v) is 1.34. The summed E-state index contributed by atoms with van der Waals surface area (Å²) in [7, 11) is 0. The Morgan fingerprint density at radius 1 is 1.46 bits per heavy atom. The van der Waals surface area contributed by atoms with Crippen molar-refractivity contribution in [2.24, 2.45) is 0 Å². The second-order valence-electron chi connectivity index (χ2n) is 2.44. The largest absolute Gasteiger partial charge is 0.395 e. The Morgan fingerprint density at radius 2 is 2.08 bits per heavy atom. The number of nitrogens with two attached hydrogens (primary N) is 2. The molecule has 0 fully saturated rings. The van der Waals surface area contributed by atoms with Gasteiger partial charge in [0, 0.05) is 5.33 Å². The number of halogens is 3. The molecule has 1 aromatic heterocycles. The lowest BCUT2D eigenvalue weighted by molar-refractivity contribution is 0.146. The predicted molar refractivity (Wildman–Crippen MR) is 50.6 cm³/mol. The van der Waals surface area contributed by atoms with Crippen LogP contribution < -0.4 is 11.5 Å². The molecule has 0 aliphatic carbocycles. The molecule has 0 unspecified atom stereocenters. The Kier molecular flexibility index (Phi) is 3.02. The highest BCUT2D eigenvalue weighted by Gasteiger charge is 2.13. The second kappa shape index (κ2) is 3.87. The van der Waals surface area contributed by atoms with Crippen LogP contribution in [0.3, 0.4) is 0 Å². The first-order valence-corrected chi connectivity index (χ1v) is 4.57. The maximum Gasteiger partial charge on any atom is 0.280 e. The Balaban J connectivity index is 3.22. The average Bonchev–Trinajstić information content (AvgIpc) is 2.09. The number of alkyl halides is 3. The molecule has 1 aromatic rings. The first-order valence-electron chi connectivity index (χ1n) is 3.45. The fourth-order valence-electron chi connectivity index (χ4n) is 0.875. The Hall–Kier alpha value is -0.910. The van der Waals surface area contributed by atoms with Gasteiger partial charge in [0.1, 0.15) is 11.5 Å². The standard InChI is InChI=1S/C7H8BrF2N3/c8-2-3-1-4(6(9)10)13-7(12)5(3)11/h1,6H,2,11H2,(H2,12,13). The van der Waals surface area contributed by atoms with Gasteiger partial charge in [0.2, 0.25) is 0 Å². The van der Waals surface area contributed by atoms with Crippen LogP contribution in [0.2, 0.25) is 0 Å². The van der Waals surface area contributed by atoms with Crippen LogP contribution in [0.15, 0.2) is 6.07 Å². The number of nitrogens with zero attached hydrogens (tertiary/aromatic N) is 1. The molecule has 0 bridgehead atoms. The first kappa shape index (κ1) is 10.2. The molecule has 0 spiro atoms. The van der Waals surface area contributed by atoms with Crippen molar-refractivity contribution in [3.63, 3.8) is 0 Å². The minimum absolute atomic E-state index is 0.0488. The van der Waals surface area contributed by atoms with Gasteiger partial charge in [0.25, 0.3) is 6.43 Å². The molecular weight excluding hydrogens is 244 g/mol. The van der Waals surface area contributed by atoms with Crippen molar-refractivity contribution in [1.29, 1.82) is 0 Å². The molecule has 13 heavy (non-hydrogen) atoms. The van der Waals surface area contributed by atoms with Crippen molar-refractivity contribution in [1.82, 2.24) is 4.98 Å². The van der Waals surface area contributed by atoms with E-state index in [0.29, 0.717) is 10.9 Å². The summed E-state index contributed by atoms with van der Waals surface area (Å²) in [6, 6.07) is 1.24. The van der Waals surface area contributed by atoms with E-state index in [9.17, 15) is 8.78 Å². The number of pyridine rings is 1. The number of nitrogen functional groups attached to an aromatic ring is 2. The van der Waals surface area contributed by atoms with Crippen LogP contribution in [0.25, 0.3) is 0 Å². The third-order valence-electron chi connectivity index (χ3n) is 1.56. The van der Waals surface area contributed by atoms with Crippen molar-refractivity contribution in [3.8, 4) is 0 Å². The molecule has 6 heteroatoms. The lowest BCUT2D eigenvalue weighted by atomic mass is 10.2.